The van der Waals surface area contributed by atoms with Crippen LogP contribution in [-0.4, -0.2) is 35.4 Å². The summed E-state index contributed by atoms with van der Waals surface area (Å²) in [5.41, 5.74) is 1.35. The van der Waals surface area contributed by atoms with Crippen molar-refractivity contribution in [3.63, 3.8) is 0 Å². The van der Waals surface area contributed by atoms with Crippen molar-refractivity contribution < 1.29 is 24.2 Å². The lowest BCUT2D eigenvalue weighted by Crippen LogP contribution is -2.44. The Hall–Kier alpha value is -1.62. The van der Waals surface area contributed by atoms with Crippen LogP contribution < -0.4 is 0 Å². The fraction of sp³-hybridized carbons (Fsp3) is 0.760. The molecule has 0 bridgehead atoms. The van der Waals surface area contributed by atoms with Crippen LogP contribution in [0.5, 0.6) is 0 Å². The van der Waals surface area contributed by atoms with E-state index in [9.17, 15) is 14.7 Å². The molecule has 4 rings (SSSR count). The SMILES string of the molecule is CC[C@H](C)C(=O)O[C@H]1C[C@@H](C)C=C2C=C[C@H](C)C3(CC3CC3C[C@@H](O)CC(=O)O3)C21. The summed E-state index contributed by atoms with van der Waals surface area (Å²) in [5, 5.41) is 9.99. The minimum Gasteiger partial charge on any atom is -0.462 e. The highest BCUT2D eigenvalue weighted by Gasteiger charge is 2.65. The van der Waals surface area contributed by atoms with Crippen LogP contribution in [0.25, 0.3) is 0 Å². The van der Waals surface area contributed by atoms with E-state index in [1.807, 2.05) is 13.8 Å². The molecule has 2 fully saturated rings. The molecular formula is C25H36O5. The third-order valence-electron chi connectivity index (χ3n) is 8.08. The van der Waals surface area contributed by atoms with Gasteiger partial charge in [-0.1, -0.05) is 45.9 Å². The van der Waals surface area contributed by atoms with Gasteiger partial charge in [-0.05, 0) is 54.4 Å². The number of hydrogen-bond donors (Lipinski definition) is 1. The van der Waals surface area contributed by atoms with Crippen molar-refractivity contribution in [2.75, 3.05) is 0 Å². The first-order valence-electron chi connectivity index (χ1n) is 11.7. The smallest absolute Gasteiger partial charge is 0.308 e. The van der Waals surface area contributed by atoms with E-state index < -0.39 is 6.10 Å². The Morgan fingerprint density at radius 3 is 2.83 bits per heavy atom. The second-order valence-corrected chi connectivity index (χ2v) is 10.2. The first-order valence-corrected chi connectivity index (χ1v) is 11.7. The highest BCUT2D eigenvalue weighted by molar-refractivity contribution is 5.72. The predicted molar refractivity (Wildman–Crippen MR) is 113 cm³/mol. The van der Waals surface area contributed by atoms with E-state index in [-0.39, 0.29) is 47.8 Å². The topological polar surface area (TPSA) is 72.8 Å². The van der Waals surface area contributed by atoms with Gasteiger partial charge in [0, 0.05) is 12.3 Å². The molecule has 1 aliphatic heterocycles. The maximum atomic E-state index is 12.7. The summed E-state index contributed by atoms with van der Waals surface area (Å²) in [4.78, 5) is 24.4. The van der Waals surface area contributed by atoms with E-state index >= 15 is 0 Å². The quantitative estimate of drug-likeness (QED) is 0.680. The van der Waals surface area contributed by atoms with Crippen LogP contribution in [0.3, 0.4) is 0 Å². The van der Waals surface area contributed by atoms with Crippen molar-refractivity contribution in [2.24, 2.45) is 35.0 Å². The standard InChI is InChI=1S/C25H36O5/c1-5-15(3)24(28)30-21-9-14(2)8-17-7-6-16(4)25(23(17)21)13-18(25)10-20-11-19(26)12-22(27)29-20/h6-8,14-16,18-21,23,26H,5,9-13H2,1-4H3/t14-,15-,16-,18?,19+,20?,21-,23?,25?/m0/s1. The van der Waals surface area contributed by atoms with Gasteiger partial charge in [-0.3, -0.25) is 9.59 Å². The third kappa shape index (κ3) is 3.86. The highest BCUT2D eigenvalue weighted by atomic mass is 16.6. The molecule has 1 N–H and O–H groups in total. The lowest BCUT2D eigenvalue weighted by Gasteiger charge is -2.44. The number of fused-ring (bicyclic) bond motifs is 2. The van der Waals surface area contributed by atoms with Gasteiger partial charge >= 0.3 is 11.9 Å². The fourth-order valence-electron chi connectivity index (χ4n) is 6.23. The Balaban J connectivity index is 1.56. The Bertz CT molecular complexity index is 755. The van der Waals surface area contributed by atoms with Crippen LogP contribution in [0.4, 0.5) is 0 Å². The number of ether oxygens (including phenoxy) is 2. The van der Waals surface area contributed by atoms with E-state index in [1.165, 1.54) is 5.57 Å². The minimum atomic E-state index is -0.593. The normalized spacial score (nSPS) is 43.4. The van der Waals surface area contributed by atoms with Crippen LogP contribution in [0, 0.1) is 35.0 Å². The lowest BCUT2D eigenvalue weighted by molar-refractivity contribution is -0.162. The zero-order valence-electron chi connectivity index (χ0n) is 18.7. The van der Waals surface area contributed by atoms with Crippen LogP contribution >= 0.6 is 0 Å². The number of allylic oxidation sites excluding steroid dienone is 3. The summed E-state index contributed by atoms with van der Waals surface area (Å²) < 4.78 is 11.7. The van der Waals surface area contributed by atoms with Gasteiger partial charge in [0.2, 0.25) is 0 Å². The Morgan fingerprint density at radius 2 is 2.13 bits per heavy atom. The second kappa shape index (κ2) is 8.14. The molecule has 0 radical (unpaired) electrons. The maximum Gasteiger partial charge on any atom is 0.308 e. The molecule has 1 spiro atoms. The number of cyclic esters (lactones) is 1. The molecule has 1 saturated heterocycles. The highest BCUT2D eigenvalue weighted by Crippen LogP contribution is 2.70. The van der Waals surface area contributed by atoms with Crippen LogP contribution in [-0.2, 0) is 19.1 Å². The fourth-order valence-corrected chi connectivity index (χ4v) is 6.23. The number of aliphatic hydroxyl groups excluding tert-OH is 1. The van der Waals surface area contributed by atoms with Crippen molar-refractivity contribution in [2.45, 2.75) is 84.5 Å². The molecule has 5 heteroatoms. The molecule has 30 heavy (non-hydrogen) atoms. The summed E-state index contributed by atoms with van der Waals surface area (Å²) in [6, 6.07) is 0. The van der Waals surface area contributed by atoms with E-state index in [1.54, 1.807) is 0 Å². The number of esters is 2. The molecule has 0 aromatic heterocycles. The maximum absolute atomic E-state index is 12.7. The molecule has 4 aliphatic rings. The summed E-state index contributed by atoms with van der Waals surface area (Å²) in [7, 11) is 0. The average molecular weight is 417 g/mol. The first kappa shape index (κ1) is 21.6. The lowest BCUT2D eigenvalue weighted by atomic mass is 9.63. The van der Waals surface area contributed by atoms with E-state index in [2.05, 4.69) is 32.1 Å². The van der Waals surface area contributed by atoms with Gasteiger partial charge in [-0.15, -0.1) is 0 Å². The molecule has 166 valence electrons. The van der Waals surface area contributed by atoms with Crippen molar-refractivity contribution in [1.29, 1.82) is 0 Å². The number of rotatable bonds is 5. The van der Waals surface area contributed by atoms with Crippen molar-refractivity contribution in [1.82, 2.24) is 0 Å². The van der Waals surface area contributed by atoms with Gasteiger partial charge in [-0.25, -0.2) is 0 Å². The van der Waals surface area contributed by atoms with Crippen molar-refractivity contribution in [3.05, 3.63) is 23.8 Å². The number of carbonyl (C=O) groups is 2. The number of aliphatic hydroxyl groups is 1. The molecule has 1 saturated carbocycles. The molecule has 3 aliphatic carbocycles. The molecule has 0 aromatic rings. The van der Waals surface area contributed by atoms with Gasteiger partial charge in [0.1, 0.15) is 12.2 Å². The van der Waals surface area contributed by atoms with Gasteiger partial charge in [0.15, 0.2) is 0 Å². The van der Waals surface area contributed by atoms with E-state index in [0.29, 0.717) is 24.2 Å². The van der Waals surface area contributed by atoms with Crippen molar-refractivity contribution >= 4 is 11.9 Å². The summed E-state index contributed by atoms with van der Waals surface area (Å²) in [6.07, 6.45) is 10.1. The Kier molecular flexibility index (Phi) is 5.86. The summed E-state index contributed by atoms with van der Waals surface area (Å²) in [6.45, 7) is 8.41. The number of carbonyl (C=O) groups excluding carboxylic acids is 2. The van der Waals surface area contributed by atoms with E-state index in [4.69, 9.17) is 9.47 Å². The third-order valence-corrected chi connectivity index (χ3v) is 8.08. The van der Waals surface area contributed by atoms with E-state index in [0.717, 1.165) is 25.7 Å². The molecule has 5 nitrogen and oxygen atoms in total. The predicted octanol–water partition coefficient (Wildman–Crippen LogP) is 4.20. The van der Waals surface area contributed by atoms with Crippen molar-refractivity contribution in [3.8, 4) is 0 Å². The molecule has 9 atom stereocenters. The second-order valence-electron chi connectivity index (χ2n) is 10.2. The van der Waals surface area contributed by atoms with Gasteiger partial charge in [0.25, 0.3) is 0 Å². The first-order chi connectivity index (χ1) is 14.2. The van der Waals surface area contributed by atoms with Gasteiger partial charge < -0.3 is 14.6 Å². The number of hydrogen-bond acceptors (Lipinski definition) is 5. The largest absolute Gasteiger partial charge is 0.462 e. The average Bonchev–Trinajstić information content (AvgIpc) is 3.36. The van der Waals surface area contributed by atoms with Crippen LogP contribution in [0.15, 0.2) is 23.8 Å². The molecular weight excluding hydrogens is 380 g/mol. The Morgan fingerprint density at radius 1 is 1.37 bits per heavy atom. The zero-order chi connectivity index (χ0) is 21.6. The summed E-state index contributed by atoms with van der Waals surface area (Å²) in [5.74, 6) is 0.913. The van der Waals surface area contributed by atoms with Gasteiger partial charge in [0.05, 0.1) is 18.4 Å². The van der Waals surface area contributed by atoms with Crippen LogP contribution in [0.2, 0.25) is 0 Å². The van der Waals surface area contributed by atoms with Crippen LogP contribution in [0.1, 0.15) is 66.2 Å². The molecule has 1 heterocycles. The Labute approximate surface area is 179 Å². The minimum absolute atomic E-state index is 0.0515. The zero-order valence-corrected chi connectivity index (χ0v) is 18.7. The monoisotopic (exact) mass is 416 g/mol. The molecule has 4 unspecified atom stereocenters. The molecule has 0 amide bonds. The summed E-state index contributed by atoms with van der Waals surface area (Å²) >= 11 is 0. The molecule has 0 aromatic carbocycles. The van der Waals surface area contributed by atoms with Gasteiger partial charge in [-0.2, -0.15) is 0 Å².